The fourth-order valence-electron chi connectivity index (χ4n) is 3.11. The van der Waals surface area contributed by atoms with Crippen LogP contribution in [-0.2, 0) is 0 Å². The van der Waals surface area contributed by atoms with Crippen LogP contribution in [0.4, 0.5) is 0 Å². The lowest BCUT2D eigenvalue weighted by Gasteiger charge is -2.15. The Morgan fingerprint density at radius 2 is 1.00 bits per heavy atom. The molecule has 0 bridgehead atoms. The van der Waals surface area contributed by atoms with Crippen LogP contribution in [0.25, 0.3) is 22.3 Å². The first-order valence-corrected chi connectivity index (χ1v) is 9.48. The topological polar surface area (TPSA) is 0 Å². The Morgan fingerprint density at radius 1 is 0.440 bits per heavy atom. The SMILES string of the molecule is c1ccc([Si]c2cccc(-c3ccccc3)c2-c2ccccc2)cc1. The summed E-state index contributed by atoms with van der Waals surface area (Å²) in [6.45, 7) is 0. The van der Waals surface area contributed by atoms with E-state index < -0.39 is 0 Å². The molecule has 0 saturated carbocycles. The van der Waals surface area contributed by atoms with E-state index in [-0.39, 0.29) is 0 Å². The first-order chi connectivity index (χ1) is 12.4. The van der Waals surface area contributed by atoms with Crippen molar-refractivity contribution in [3.8, 4) is 22.3 Å². The van der Waals surface area contributed by atoms with Gasteiger partial charge in [-0.05, 0) is 22.3 Å². The van der Waals surface area contributed by atoms with Crippen molar-refractivity contribution in [1.82, 2.24) is 0 Å². The van der Waals surface area contributed by atoms with Crippen molar-refractivity contribution >= 4 is 19.9 Å². The van der Waals surface area contributed by atoms with Crippen molar-refractivity contribution in [1.29, 1.82) is 0 Å². The number of hydrogen-bond donors (Lipinski definition) is 0. The quantitative estimate of drug-likeness (QED) is 0.476. The predicted molar refractivity (Wildman–Crippen MR) is 109 cm³/mol. The average molecular weight is 334 g/mol. The maximum Gasteiger partial charge on any atom is 0.122 e. The van der Waals surface area contributed by atoms with Crippen molar-refractivity contribution in [3.05, 3.63) is 109 Å². The lowest BCUT2D eigenvalue weighted by atomic mass is 9.94. The highest BCUT2D eigenvalue weighted by atomic mass is 28.2. The monoisotopic (exact) mass is 334 g/mol. The van der Waals surface area contributed by atoms with Crippen LogP contribution in [0, 0.1) is 0 Å². The maximum absolute atomic E-state index is 2.26. The number of benzene rings is 4. The minimum Gasteiger partial charge on any atom is -0.0631 e. The van der Waals surface area contributed by atoms with Crippen molar-refractivity contribution in [2.24, 2.45) is 0 Å². The van der Waals surface area contributed by atoms with Crippen LogP contribution in [0.3, 0.4) is 0 Å². The molecule has 1 heteroatoms. The molecule has 0 nitrogen and oxygen atoms in total. The van der Waals surface area contributed by atoms with E-state index >= 15 is 0 Å². The van der Waals surface area contributed by atoms with E-state index in [0.717, 1.165) is 0 Å². The molecule has 0 atom stereocenters. The lowest BCUT2D eigenvalue weighted by Crippen LogP contribution is -2.28. The Hall–Kier alpha value is -2.90. The van der Waals surface area contributed by atoms with Gasteiger partial charge in [0.15, 0.2) is 0 Å². The smallest absolute Gasteiger partial charge is 0.0631 e. The van der Waals surface area contributed by atoms with Crippen LogP contribution >= 0.6 is 0 Å². The molecule has 4 rings (SSSR count). The minimum absolute atomic E-state index is 0.642. The summed E-state index contributed by atoms with van der Waals surface area (Å²) in [5.41, 5.74) is 5.19. The van der Waals surface area contributed by atoms with Gasteiger partial charge in [0.25, 0.3) is 0 Å². The second-order valence-electron chi connectivity index (χ2n) is 5.95. The van der Waals surface area contributed by atoms with Gasteiger partial charge >= 0.3 is 0 Å². The van der Waals surface area contributed by atoms with Crippen molar-refractivity contribution in [3.63, 3.8) is 0 Å². The molecule has 0 heterocycles. The second kappa shape index (κ2) is 7.33. The van der Waals surface area contributed by atoms with Crippen molar-refractivity contribution in [2.75, 3.05) is 0 Å². The highest BCUT2D eigenvalue weighted by Gasteiger charge is 2.13. The van der Waals surface area contributed by atoms with Crippen LogP contribution in [-0.4, -0.2) is 9.52 Å². The zero-order valence-electron chi connectivity index (χ0n) is 13.9. The third-order valence-electron chi connectivity index (χ3n) is 4.26. The largest absolute Gasteiger partial charge is 0.122 e. The molecule has 0 aliphatic heterocycles. The van der Waals surface area contributed by atoms with Crippen molar-refractivity contribution in [2.45, 2.75) is 0 Å². The molecule has 25 heavy (non-hydrogen) atoms. The van der Waals surface area contributed by atoms with E-state index in [0.29, 0.717) is 9.52 Å². The number of hydrogen-bond acceptors (Lipinski definition) is 0. The molecule has 4 aromatic rings. The molecule has 118 valence electrons. The van der Waals surface area contributed by atoms with E-state index in [4.69, 9.17) is 0 Å². The van der Waals surface area contributed by atoms with Gasteiger partial charge < -0.3 is 0 Å². The normalized spacial score (nSPS) is 10.6. The van der Waals surface area contributed by atoms with E-state index in [1.54, 1.807) is 0 Å². The zero-order valence-corrected chi connectivity index (χ0v) is 14.9. The summed E-state index contributed by atoms with van der Waals surface area (Å²) in [5.74, 6) is 0. The highest BCUT2D eigenvalue weighted by Crippen LogP contribution is 2.30. The third kappa shape index (κ3) is 3.47. The highest BCUT2D eigenvalue weighted by molar-refractivity contribution is 6.69. The molecule has 0 fully saturated rings. The molecule has 0 saturated heterocycles. The van der Waals surface area contributed by atoms with Gasteiger partial charge in [0.05, 0.1) is 0 Å². The van der Waals surface area contributed by atoms with Crippen LogP contribution in [0.2, 0.25) is 0 Å². The van der Waals surface area contributed by atoms with Gasteiger partial charge in [0.2, 0.25) is 0 Å². The Kier molecular flexibility index (Phi) is 4.58. The van der Waals surface area contributed by atoms with E-state index in [2.05, 4.69) is 109 Å². The van der Waals surface area contributed by atoms with Gasteiger partial charge in [-0.2, -0.15) is 0 Å². The molecular weight excluding hydrogens is 316 g/mol. The summed E-state index contributed by atoms with van der Waals surface area (Å²) in [4.78, 5) is 0. The van der Waals surface area contributed by atoms with E-state index in [1.165, 1.54) is 32.6 Å². The molecule has 0 aromatic heterocycles. The van der Waals surface area contributed by atoms with Gasteiger partial charge in [-0.1, -0.05) is 120 Å². The second-order valence-corrected chi connectivity index (χ2v) is 7.32. The molecule has 0 aliphatic carbocycles. The summed E-state index contributed by atoms with van der Waals surface area (Å²) in [6, 6.07) is 38.8. The zero-order chi connectivity index (χ0) is 16.9. The molecule has 0 N–H and O–H groups in total. The minimum atomic E-state index is 0.642. The Morgan fingerprint density at radius 3 is 1.64 bits per heavy atom. The maximum atomic E-state index is 2.26. The molecule has 0 aliphatic rings. The fraction of sp³-hybridized carbons (Fsp3) is 0. The predicted octanol–water partition coefficient (Wildman–Crippen LogP) is 4.68. The average Bonchev–Trinajstić information content (AvgIpc) is 2.70. The summed E-state index contributed by atoms with van der Waals surface area (Å²) >= 11 is 0. The molecule has 0 spiro atoms. The molecule has 0 amide bonds. The van der Waals surface area contributed by atoms with E-state index in [9.17, 15) is 0 Å². The molecular formula is C24H18Si. The Balaban J connectivity index is 1.89. The van der Waals surface area contributed by atoms with Gasteiger partial charge in [0, 0.05) is 0 Å². The summed E-state index contributed by atoms with van der Waals surface area (Å²) in [6.07, 6.45) is 0. The molecule has 0 unspecified atom stereocenters. The standard InChI is InChI=1S/C24H18Si/c1-4-11-19(12-5-1)22-17-10-18-23(25-21-15-8-3-9-16-21)24(22)20-13-6-2-7-14-20/h1-18H. The van der Waals surface area contributed by atoms with Crippen LogP contribution < -0.4 is 10.4 Å². The first-order valence-electron chi connectivity index (χ1n) is 8.48. The summed E-state index contributed by atoms with van der Waals surface area (Å²) in [7, 11) is 0.642. The summed E-state index contributed by atoms with van der Waals surface area (Å²) < 4.78 is 0. The van der Waals surface area contributed by atoms with Crippen molar-refractivity contribution < 1.29 is 0 Å². The first kappa shape index (κ1) is 15.6. The van der Waals surface area contributed by atoms with Gasteiger partial charge in [-0.3, -0.25) is 0 Å². The van der Waals surface area contributed by atoms with E-state index in [1.807, 2.05) is 0 Å². The van der Waals surface area contributed by atoms with Crippen LogP contribution in [0.1, 0.15) is 0 Å². The number of rotatable bonds is 4. The molecule has 4 aromatic carbocycles. The molecule has 2 radical (unpaired) electrons. The fourth-order valence-corrected chi connectivity index (χ4v) is 4.36. The Labute approximate surface area is 151 Å². The van der Waals surface area contributed by atoms with Gasteiger partial charge in [0.1, 0.15) is 9.52 Å². The lowest BCUT2D eigenvalue weighted by molar-refractivity contribution is 1.60. The van der Waals surface area contributed by atoms with Crippen LogP contribution in [0.5, 0.6) is 0 Å². The van der Waals surface area contributed by atoms with Gasteiger partial charge in [-0.25, -0.2) is 0 Å². The Bertz CT molecular complexity index is 945. The van der Waals surface area contributed by atoms with Gasteiger partial charge in [-0.15, -0.1) is 0 Å². The summed E-state index contributed by atoms with van der Waals surface area (Å²) in [5, 5.41) is 2.75. The third-order valence-corrected chi connectivity index (χ3v) is 5.57. The van der Waals surface area contributed by atoms with Crippen LogP contribution in [0.15, 0.2) is 109 Å².